The molecule has 4 nitrogen and oxygen atoms in total. The van der Waals surface area contributed by atoms with Crippen LogP contribution in [0.5, 0.6) is 0 Å². The number of aliphatic imine (C=N–C) groups is 1. The summed E-state index contributed by atoms with van der Waals surface area (Å²) in [4.78, 5) is 4.17. The maximum absolute atomic E-state index is 5.60. The molecule has 0 aromatic carbocycles. The second-order valence-corrected chi connectivity index (χ2v) is 3.56. The van der Waals surface area contributed by atoms with Crippen molar-refractivity contribution < 1.29 is 0 Å². The van der Waals surface area contributed by atoms with Crippen LogP contribution in [0.1, 0.15) is 27.2 Å². The van der Waals surface area contributed by atoms with Crippen LogP contribution < -0.4 is 16.4 Å². The van der Waals surface area contributed by atoms with Gasteiger partial charge in [0.1, 0.15) is 5.82 Å². The maximum Gasteiger partial charge on any atom is 0.199 e. The number of hydrogen-bond acceptors (Lipinski definition) is 4. The molecule has 0 aliphatic carbocycles. The van der Waals surface area contributed by atoms with E-state index in [1.54, 1.807) is 0 Å². The number of nitrogens with two attached hydrogens (primary N) is 1. The van der Waals surface area contributed by atoms with Crippen LogP contribution in [0, 0.1) is 0 Å². The van der Waals surface area contributed by atoms with Crippen molar-refractivity contribution in [3.05, 3.63) is 35.4 Å². The van der Waals surface area contributed by atoms with E-state index in [0.29, 0.717) is 5.96 Å². The molecule has 0 bridgehead atoms. The van der Waals surface area contributed by atoms with Gasteiger partial charge < -0.3 is 16.4 Å². The monoisotopic (exact) mass is 206 g/mol. The predicted molar refractivity (Wildman–Crippen MR) is 63.8 cm³/mol. The van der Waals surface area contributed by atoms with Crippen molar-refractivity contribution >= 4 is 5.96 Å². The molecule has 0 atom stereocenters. The molecule has 0 aromatic rings. The molecule has 15 heavy (non-hydrogen) atoms. The largest absolute Gasteiger partial charge is 0.369 e. The van der Waals surface area contributed by atoms with Gasteiger partial charge in [-0.15, -0.1) is 0 Å². The third-order valence-electron chi connectivity index (χ3n) is 2.33. The van der Waals surface area contributed by atoms with Crippen LogP contribution in [0.25, 0.3) is 0 Å². The van der Waals surface area contributed by atoms with Crippen LogP contribution in [0.3, 0.4) is 0 Å². The van der Waals surface area contributed by atoms with E-state index in [9.17, 15) is 0 Å². The number of rotatable bonds is 3. The first-order valence-corrected chi connectivity index (χ1v) is 4.98. The molecule has 0 fully saturated rings. The minimum absolute atomic E-state index is 0.371. The van der Waals surface area contributed by atoms with Crippen molar-refractivity contribution in [1.82, 2.24) is 10.6 Å². The molecule has 4 heteroatoms. The van der Waals surface area contributed by atoms with Gasteiger partial charge in [-0.25, -0.2) is 0 Å². The standard InChI is InChI=1S/C11H18N4/c1-5-7(2)6-13-10-8(3)9(4)14-11(12)15-10/h6,13H,4-5H2,1-3H3,(H3,12,14,15)/b7-6-. The van der Waals surface area contributed by atoms with Crippen molar-refractivity contribution in [3.63, 3.8) is 0 Å². The lowest BCUT2D eigenvalue weighted by Gasteiger charge is -2.18. The van der Waals surface area contributed by atoms with Crippen molar-refractivity contribution in [1.29, 1.82) is 0 Å². The highest BCUT2D eigenvalue weighted by Gasteiger charge is 2.11. The van der Waals surface area contributed by atoms with Gasteiger partial charge in [-0.1, -0.05) is 19.1 Å². The topological polar surface area (TPSA) is 62.4 Å². The summed E-state index contributed by atoms with van der Waals surface area (Å²) in [7, 11) is 0. The lowest BCUT2D eigenvalue weighted by atomic mass is 10.2. The minimum atomic E-state index is 0.371. The first-order chi connectivity index (χ1) is 7.04. The molecule has 0 radical (unpaired) electrons. The fraction of sp³-hybridized carbons (Fsp3) is 0.364. The van der Waals surface area contributed by atoms with E-state index in [1.807, 2.05) is 13.1 Å². The molecule has 1 heterocycles. The van der Waals surface area contributed by atoms with Gasteiger partial charge in [0.15, 0.2) is 5.96 Å². The van der Waals surface area contributed by atoms with Crippen LogP contribution in [0.4, 0.5) is 0 Å². The average molecular weight is 206 g/mol. The van der Waals surface area contributed by atoms with Crippen LogP contribution in [0.15, 0.2) is 40.4 Å². The molecule has 82 valence electrons. The summed E-state index contributed by atoms with van der Waals surface area (Å²) in [6.07, 6.45) is 2.95. The second kappa shape index (κ2) is 4.68. The minimum Gasteiger partial charge on any atom is -0.369 e. The number of nitrogens with zero attached hydrogens (tertiary/aromatic N) is 1. The molecule has 0 saturated heterocycles. The highest BCUT2D eigenvalue weighted by Crippen LogP contribution is 2.13. The SMILES string of the molecule is C=C1NC(N)=NC(N/C=C(/C)CC)=C1C. The van der Waals surface area contributed by atoms with E-state index in [1.165, 1.54) is 5.57 Å². The van der Waals surface area contributed by atoms with Gasteiger partial charge in [0.2, 0.25) is 0 Å². The predicted octanol–water partition coefficient (Wildman–Crippen LogP) is 1.55. The fourth-order valence-electron chi connectivity index (χ4n) is 1.06. The Morgan fingerprint density at radius 1 is 1.67 bits per heavy atom. The van der Waals surface area contributed by atoms with Crippen LogP contribution in [-0.4, -0.2) is 5.96 Å². The number of hydrogen-bond donors (Lipinski definition) is 3. The summed E-state index contributed by atoms with van der Waals surface area (Å²) in [5.74, 6) is 1.12. The summed E-state index contributed by atoms with van der Waals surface area (Å²) in [6.45, 7) is 9.97. The highest BCUT2D eigenvalue weighted by atomic mass is 15.2. The lowest BCUT2D eigenvalue weighted by molar-refractivity contribution is 0.909. The lowest BCUT2D eigenvalue weighted by Crippen LogP contribution is -2.35. The molecule has 1 rings (SSSR count). The molecular weight excluding hydrogens is 188 g/mol. The summed E-state index contributed by atoms with van der Waals surface area (Å²) in [6, 6.07) is 0. The van der Waals surface area contributed by atoms with Crippen LogP contribution in [-0.2, 0) is 0 Å². The summed E-state index contributed by atoms with van der Waals surface area (Å²) < 4.78 is 0. The van der Waals surface area contributed by atoms with Crippen molar-refractivity contribution in [3.8, 4) is 0 Å². The first kappa shape index (κ1) is 11.4. The molecule has 0 saturated carbocycles. The van der Waals surface area contributed by atoms with Crippen molar-refractivity contribution in [2.24, 2.45) is 10.7 Å². The summed E-state index contributed by atoms with van der Waals surface area (Å²) in [5.41, 5.74) is 8.62. The van der Waals surface area contributed by atoms with E-state index in [-0.39, 0.29) is 0 Å². The van der Waals surface area contributed by atoms with E-state index in [2.05, 4.69) is 36.1 Å². The quantitative estimate of drug-likeness (QED) is 0.656. The smallest absolute Gasteiger partial charge is 0.199 e. The maximum atomic E-state index is 5.60. The van der Waals surface area contributed by atoms with E-state index in [0.717, 1.165) is 23.5 Å². The highest BCUT2D eigenvalue weighted by molar-refractivity contribution is 5.83. The second-order valence-electron chi connectivity index (χ2n) is 3.56. The Morgan fingerprint density at radius 3 is 2.93 bits per heavy atom. The zero-order chi connectivity index (χ0) is 11.4. The third kappa shape index (κ3) is 2.87. The molecule has 0 spiro atoms. The Hall–Kier alpha value is -1.71. The van der Waals surface area contributed by atoms with Gasteiger partial charge in [0, 0.05) is 17.5 Å². The Labute approximate surface area is 90.6 Å². The zero-order valence-corrected chi connectivity index (χ0v) is 9.52. The van der Waals surface area contributed by atoms with Gasteiger partial charge in [0.25, 0.3) is 0 Å². The fourth-order valence-corrected chi connectivity index (χ4v) is 1.06. The van der Waals surface area contributed by atoms with E-state index < -0.39 is 0 Å². The van der Waals surface area contributed by atoms with Gasteiger partial charge in [-0.3, -0.25) is 0 Å². The van der Waals surface area contributed by atoms with Gasteiger partial charge in [-0.05, 0) is 20.3 Å². The molecule has 1 aliphatic heterocycles. The van der Waals surface area contributed by atoms with Crippen LogP contribution >= 0.6 is 0 Å². The summed E-state index contributed by atoms with van der Waals surface area (Å²) >= 11 is 0. The van der Waals surface area contributed by atoms with Gasteiger partial charge in [0.05, 0.1) is 0 Å². The Bertz CT molecular complexity index is 361. The van der Waals surface area contributed by atoms with Crippen molar-refractivity contribution in [2.75, 3.05) is 0 Å². The first-order valence-electron chi connectivity index (χ1n) is 4.98. The molecule has 0 aromatic heterocycles. The van der Waals surface area contributed by atoms with Gasteiger partial charge in [-0.2, -0.15) is 4.99 Å². The Morgan fingerprint density at radius 2 is 2.33 bits per heavy atom. The molecule has 0 amide bonds. The number of allylic oxidation sites excluding steroid dienone is 2. The molecule has 1 aliphatic rings. The van der Waals surface area contributed by atoms with E-state index in [4.69, 9.17) is 5.73 Å². The average Bonchev–Trinajstić information content (AvgIpc) is 2.20. The Kier molecular flexibility index (Phi) is 3.55. The summed E-state index contributed by atoms with van der Waals surface area (Å²) in [5, 5.41) is 6.01. The molecular formula is C11H18N4. The third-order valence-corrected chi connectivity index (χ3v) is 2.33. The normalized spacial score (nSPS) is 17.4. The molecule has 4 N–H and O–H groups in total. The zero-order valence-electron chi connectivity index (χ0n) is 9.52. The van der Waals surface area contributed by atoms with Crippen LogP contribution in [0.2, 0.25) is 0 Å². The number of nitrogens with one attached hydrogen (secondary N) is 2. The molecule has 0 unspecified atom stereocenters. The Balaban J connectivity index is 2.84. The van der Waals surface area contributed by atoms with Crippen molar-refractivity contribution in [2.45, 2.75) is 27.2 Å². The van der Waals surface area contributed by atoms with E-state index >= 15 is 0 Å². The number of guanidine groups is 1. The van der Waals surface area contributed by atoms with Gasteiger partial charge >= 0.3 is 0 Å².